The maximum Gasteiger partial charge on any atom is 0.138 e. The quantitative estimate of drug-likeness (QED) is 0.193. The van der Waals surface area contributed by atoms with Crippen LogP contribution in [-0.4, -0.2) is 46.8 Å². The Morgan fingerprint density at radius 3 is 2.77 bits per heavy atom. The molecule has 39 heavy (non-hydrogen) atoms. The highest BCUT2D eigenvalue weighted by Gasteiger charge is 2.20. The van der Waals surface area contributed by atoms with Crippen molar-refractivity contribution in [3.05, 3.63) is 107 Å². The van der Waals surface area contributed by atoms with Crippen molar-refractivity contribution in [2.24, 2.45) is 0 Å². The molecule has 1 aliphatic carbocycles. The summed E-state index contributed by atoms with van der Waals surface area (Å²) < 4.78 is 11.4. The van der Waals surface area contributed by atoms with Gasteiger partial charge in [-0.2, -0.15) is 0 Å². The van der Waals surface area contributed by atoms with Crippen molar-refractivity contribution in [3.63, 3.8) is 0 Å². The molecular weight excluding hydrogens is 486 g/mol. The van der Waals surface area contributed by atoms with E-state index >= 15 is 0 Å². The fourth-order valence-electron chi connectivity index (χ4n) is 5.39. The summed E-state index contributed by atoms with van der Waals surface area (Å²) in [6, 6.07) is 11.8. The molecule has 0 spiro atoms. The van der Waals surface area contributed by atoms with E-state index in [-0.39, 0.29) is 0 Å². The molecule has 0 saturated carbocycles. The van der Waals surface area contributed by atoms with Crippen LogP contribution in [0.3, 0.4) is 0 Å². The van der Waals surface area contributed by atoms with Crippen molar-refractivity contribution < 1.29 is 9.15 Å². The van der Waals surface area contributed by atoms with E-state index in [0.717, 1.165) is 71.0 Å². The van der Waals surface area contributed by atoms with E-state index in [1.54, 1.807) is 18.7 Å². The van der Waals surface area contributed by atoms with Crippen LogP contribution < -0.4 is 10.5 Å². The van der Waals surface area contributed by atoms with Gasteiger partial charge in [0.15, 0.2) is 0 Å². The molecule has 7 nitrogen and oxygen atoms in total. The number of hydrogen-bond acceptors (Lipinski definition) is 6. The summed E-state index contributed by atoms with van der Waals surface area (Å²) in [7, 11) is 0. The Kier molecular flexibility index (Phi) is 6.90. The molecule has 2 aliphatic rings. The summed E-state index contributed by atoms with van der Waals surface area (Å²) >= 11 is 0. The Bertz CT molecular complexity index is 1560. The number of furan rings is 1. The Labute approximate surface area is 228 Å². The van der Waals surface area contributed by atoms with Crippen LogP contribution in [0.4, 0.5) is 5.69 Å². The van der Waals surface area contributed by atoms with Crippen LogP contribution in [0.25, 0.3) is 16.7 Å². The molecule has 4 aromatic rings. The first-order chi connectivity index (χ1) is 19.0. The van der Waals surface area contributed by atoms with Crippen molar-refractivity contribution >= 4 is 17.0 Å². The second-order valence-electron chi connectivity index (χ2n) is 10.3. The summed E-state index contributed by atoms with van der Waals surface area (Å²) in [5.41, 5.74) is 16.0. The number of nitrogens with two attached hydrogens (primary N) is 1. The standard InChI is InChI=1S/C32H33N5O2/c1-21-4-6-26(23-8-12-38-20-23)27-17-31(36-30(27)14-21)32(34)28-16-22(5-7-29(28)33)24-15-25(19-35-18-24)39-13-11-37-9-2-3-10-37/h4-8,12,15-20,34,36H,2-3,9-11,13-14,33H2,1H3. The molecule has 3 aromatic heterocycles. The zero-order chi connectivity index (χ0) is 26.8. The maximum atomic E-state index is 9.10. The van der Waals surface area contributed by atoms with E-state index < -0.39 is 0 Å². The number of fused-ring (bicyclic) bond motifs is 1. The van der Waals surface area contributed by atoms with Gasteiger partial charge in [-0.05, 0) is 74.3 Å². The molecule has 1 aliphatic heterocycles. The van der Waals surface area contributed by atoms with Gasteiger partial charge in [0, 0.05) is 52.8 Å². The monoisotopic (exact) mass is 519 g/mol. The van der Waals surface area contributed by atoms with Gasteiger partial charge in [0.25, 0.3) is 0 Å². The van der Waals surface area contributed by atoms with Crippen molar-refractivity contribution in [1.29, 1.82) is 5.41 Å². The summed E-state index contributed by atoms with van der Waals surface area (Å²) in [5, 5.41) is 9.10. The average Bonchev–Trinajstić information content (AvgIpc) is 3.72. The lowest BCUT2D eigenvalue weighted by atomic mass is 9.97. The number of H-pyrrole nitrogens is 1. The van der Waals surface area contributed by atoms with Crippen LogP contribution in [0.1, 0.15) is 47.8 Å². The number of likely N-dealkylation sites (tertiary alicyclic amines) is 1. The molecule has 0 atom stereocenters. The van der Waals surface area contributed by atoms with E-state index in [2.05, 4.69) is 33.9 Å². The molecule has 1 aromatic carbocycles. The molecule has 198 valence electrons. The van der Waals surface area contributed by atoms with Gasteiger partial charge in [0.2, 0.25) is 0 Å². The van der Waals surface area contributed by atoms with Gasteiger partial charge in [-0.3, -0.25) is 15.3 Å². The minimum atomic E-state index is 0.349. The maximum absolute atomic E-state index is 9.10. The van der Waals surface area contributed by atoms with Gasteiger partial charge in [0.1, 0.15) is 12.4 Å². The van der Waals surface area contributed by atoms with Crippen LogP contribution in [-0.2, 0) is 6.42 Å². The highest BCUT2D eigenvalue weighted by molar-refractivity contribution is 6.14. The van der Waals surface area contributed by atoms with Gasteiger partial charge in [-0.15, -0.1) is 0 Å². The molecular formula is C32H33N5O2. The normalized spacial score (nSPS) is 15.4. The van der Waals surface area contributed by atoms with Crippen LogP contribution in [0.15, 0.2) is 83.5 Å². The third kappa shape index (κ3) is 5.31. The smallest absolute Gasteiger partial charge is 0.138 e. The largest absolute Gasteiger partial charge is 0.491 e. The van der Waals surface area contributed by atoms with E-state index in [9.17, 15) is 0 Å². The second-order valence-corrected chi connectivity index (χ2v) is 10.3. The molecule has 1 saturated heterocycles. The second kappa shape index (κ2) is 10.8. The lowest BCUT2D eigenvalue weighted by Gasteiger charge is -2.15. The van der Waals surface area contributed by atoms with Gasteiger partial charge in [0.05, 0.1) is 30.1 Å². The Balaban J connectivity index is 1.25. The molecule has 4 heterocycles. The fraction of sp³-hybridized carbons (Fsp3) is 0.250. The van der Waals surface area contributed by atoms with Crippen molar-refractivity contribution in [1.82, 2.24) is 14.9 Å². The van der Waals surface area contributed by atoms with Crippen LogP contribution in [0.2, 0.25) is 0 Å². The Morgan fingerprint density at radius 1 is 1.08 bits per heavy atom. The van der Waals surface area contributed by atoms with Crippen LogP contribution >= 0.6 is 0 Å². The number of anilines is 1. The molecule has 6 rings (SSSR count). The number of allylic oxidation sites excluding steroid dienone is 3. The molecule has 0 bridgehead atoms. The minimum absolute atomic E-state index is 0.349. The molecule has 1 fully saturated rings. The van der Waals surface area contributed by atoms with E-state index in [4.69, 9.17) is 20.3 Å². The Hall–Kier alpha value is -4.36. The summed E-state index contributed by atoms with van der Waals surface area (Å²) in [6.07, 6.45) is 14.6. The van der Waals surface area contributed by atoms with Crippen molar-refractivity contribution in [3.8, 4) is 16.9 Å². The number of rotatable bonds is 8. The molecule has 0 radical (unpaired) electrons. The number of hydrogen-bond donors (Lipinski definition) is 3. The topological polar surface area (TPSA) is 104 Å². The predicted molar refractivity (Wildman–Crippen MR) is 155 cm³/mol. The van der Waals surface area contributed by atoms with E-state index in [0.29, 0.717) is 23.6 Å². The number of nitrogen functional groups attached to an aromatic ring is 1. The molecule has 7 heteroatoms. The number of aromatic nitrogens is 2. The number of nitrogens with one attached hydrogen (secondary N) is 2. The third-order valence-electron chi connectivity index (χ3n) is 7.53. The molecule has 4 N–H and O–H groups in total. The van der Waals surface area contributed by atoms with Crippen molar-refractivity contribution in [2.45, 2.75) is 26.2 Å². The van der Waals surface area contributed by atoms with Crippen molar-refractivity contribution in [2.75, 3.05) is 32.0 Å². The van der Waals surface area contributed by atoms with Gasteiger partial charge >= 0.3 is 0 Å². The summed E-state index contributed by atoms with van der Waals surface area (Å²) in [4.78, 5) is 10.3. The van der Waals surface area contributed by atoms with Gasteiger partial charge in [-0.1, -0.05) is 23.8 Å². The SMILES string of the molecule is CC1=CC=C(c2ccoc2)c2cc(C(=N)c3cc(-c4cncc(OCCN5CCCC5)c4)ccc3N)[nH]c2C1. The number of pyridine rings is 1. The fourth-order valence-corrected chi connectivity index (χ4v) is 5.39. The number of aromatic amines is 1. The number of ether oxygens (including phenoxy) is 1. The average molecular weight is 520 g/mol. The summed E-state index contributed by atoms with van der Waals surface area (Å²) in [6.45, 7) is 6.00. The summed E-state index contributed by atoms with van der Waals surface area (Å²) in [5.74, 6) is 0.746. The Morgan fingerprint density at radius 2 is 1.95 bits per heavy atom. The number of nitrogens with zero attached hydrogens (tertiary/aromatic N) is 2. The molecule has 0 amide bonds. The van der Waals surface area contributed by atoms with Gasteiger partial charge in [-0.25, -0.2) is 0 Å². The zero-order valence-electron chi connectivity index (χ0n) is 22.2. The zero-order valence-corrected chi connectivity index (χ0v) is 22.2. The highest BCUT2D eigenvalue weighted by atomic mass is 16.5. The lowest BCUT2D eigenvalue weighted by Crippen LogP contribution is -2.25. The first kappa shape index (κ1) is 24.9. The van der Waals surface area contributed by atoms with E-state index in [1.807, 2.05) is 42.6 Å². The lowest BCUT2D eigenvalue weighted by molar-refractivity contribution is 0.237. The van der Waals surface area contributed by atoms with Crippen LogP contribution in [0, 0.1) is 5.41 Å². The van der Waals surface area contributed by atoms with Gasteiger partial charge < -0.3 is 19.9 Å². The first-order valence-electron chi connectivity index (χ1n) is 13.5. The molecule has 0 unspecified atom stereocenters. The predicted octanol–water partition coefficient (Wildman–Crippen LogP) is 6.08. The first-order valence-corrected chi connectivity index (χ1v) is 13.5. The van der Waals surface area contributed by atoms with Crippen LogP contribution in [0.5, 0.6) is 5.75 Å². The highest BCUT2D eigenvalue weighted by Crippen LogP contribution is 2.33. The van der Waals surface area contributed by atoms with E-state index in [1.165, 1.54) is 18.4 Å². The number of benzene rings is 1. The minimum Gasteiger partial charge on any atom is -0.491 e. The third-order valence-corrected chi connectivity index (χ3v) is 7.53.